The van der Waals surface area contributed by atoms with Crippen molar-refractivity contribution in [1.29, 1.82) is 0 Å². The van der Waals surface area contributed by atoms with Gasteiger partial charge in [0, 0.05) is 0 Å². The number of halogens is 3. The average Bonchev–Trinajstić information content (AvgIpc) is 2.53. The Morgan fingerprint density at radius 3 is 2.08 bits per heavy atom. The van der Waals surface area contributed by atoms with E-state index >= 15 is 0 Å². The fourth-order valence-corrected chi connectivity index (χ4v) is 2.51. The van der Waals surface area contributed by atoms with Gasteiger partial charge in [0.25, 0.3) is 0 Å². The second-order valence-electron chi connectivity index (χ2n) is 5.39. The van der Waals surface area contributed by atoms with Crippen LogP contribution in [0.1, 0.15) is 17.2 Å². The molecule has 124 valence electrons. The maximum Gasteiger partial charge on any atom is 0.573 e. The molecule has 3 N–H and O–H groups in total. The molecule has 0 bridgehead atoms. The van der Waals surface area contributed by atoms with Crippen molar-refractivity contribution in [3.63, 3.8) is 0 Å². The van der Waals surface area contributed by atoms with Crippen LogP contribution in [0.2, 0.25) is 0 Å². The number of alkyl halides is 3. The molecule has 0 saturated heterocycles. The molecule has 0 aliphatic carbocycles. The van der Waals surface area contributed by atoms with Gasteiger partial charge < -0.3 is 15.6 Å². The summed E-state index contributed by atoms with van der Waals surface area (Å²) in [5.41, 5.74) is 7.69. The number of phenols is 1. The topological polar surface area (TPSA) is 55.5 Å². The van der Waals surface area contributed by atoms with E-state index in [9.17, 15) is 18.3 Å². The van der Waals surface area contributed by atoms with E-state index in [1.54, 1.807) is 18.2 Å². The first-order chi connectivity index (χ1) is 11.3. The molecule has 0 heterocycles. The predicted molar refractivity (Wildman–Crippen MR) is 84.8 cm³/mol. The standard InChI is InChI=1S/C18H14F3NO2/c19-18(20,21)24-16-7-4-11(5-8-16)17(22)14-2-1-13-10-15(23)6-3-12(13)9-14/h1-10,17,23H,22H2/t17-/m1/s1. The lowest BCUT2D eigenvalue weighted by Crippen LogP contribution is -2.17. The number of phenolic OH excluding ortho intramolecular Hbond substituents is 1. The highest BCUT2D eigenvalue weighted by atomic mass is 19.4. The number of hydrogen-bond acceptors (Lipinski definition) is 3. The molecule has 0 unspecified atom stereocenters. The quantitative estimate of drug-likeness (QED) is 0.742. The van der Waals surface area contributed by atoms with Crippen molar-refractivity contribution in [3.8, 4) is 11.5 Å². The highest BCUT2D eigenvalue weighted by Crippen LogP contribution is 2.28. The lowest BCUT2D eigenvalue weighted by Gasteiger charge is -2.15. The monoisotopic (exact) mass is 333 g/mol. The zero-order valence-electron chi connectivity index (χ0n) is 12.4. The zero-order valence-corrected chi connectivity index (χ0v) is 12.4. The van der Waals surface area contributed by atoms with Crippen molar-refractivity contribution in [2.24, 2.45) is 5.73 Å². The summed E-state index contributed by atoms with van der Waals surface area (Å²) in [6.07, 6.45) is -4.71. The molecule has 0 amide bonds. The summed E-state index contributed by atoms with van der Waals surface area (Å²) in [6, 6.07) is 15.6. The van der Waals surface area contributed by atoms with Crippen LogP contribution in [0, 0.1) is 0 Å². The number of hydrogen-bond donors (Lipinski definition) is 2. The van der Waals surface area contributed by atoms with E-state index in [0.717, 1.165) is 16.3 Å². The molecule has 0 radical (unpaired) electrons. The Morgan fingerprint density at radius 2 is 1.42 bits per heavy atom. The molecule has 0 aliphatic rings. The molecule has 0 fully saturated rings. The van der Waals surface area contributed by atoms with Crippen LogP contribution in [0.5, 0.6) is 11.5 Å². The summed E-state index contributed by atoms with van der Waals surface area (Å²) in [4.78, 5) is 0. The molecule has 24 heavy (non-hydrogen) atoms. The van der Waals surface area contributed by atoms with Crippen LogP contribution in [-0.2, 0) is 0 Å². The van der Waals surface area contributed by atoms with Gasteiger partial charge in [-0.05, 0) is 52.2 Å². The second kappa shape index (κ2) is 6.05. The first kappa shape index (κ1) is 16.1. The van der Waals surface area contributed by atoms with Gasteiger partial charge in [-0.25, -0.2) is 0 Å². The Balaban J connectivity index is 1.85. The molecule has 0 aromatic heterocycles. The van der Waals surface area contributed by atoms with Gasteiger partial charge in [0.1, 0.15) is 11.5 Å². The lowest BCUT2D eigenvalue weighted by atomic mass is 9.97. The molecule has 3 aromatic carbocycles. The van der Waals surface area contributed by atoms with Crippen LogP contribution in [0.25, 0.3) is 10.8 Å². The van der Waals surface area contributed by atoms with Gasteiger partial charge in [0.15, 0.2) is 0 Å². The minimum absolute atomic E-state index is 0.180. The van der Waals surface area contributed by atoms with Gasteiger partial charge in [-0.2, -0.15) is 0 Å². The summed E-state index contributed by atoms with van der Waals surface area (Å²) < 4.78 is 40.4. The molecule has 3 rings (SSSR count). The lowest BCUT2D eigenvalue weighted by molar-refractivity contribution is -0.274. The molecule has 0 aliphatic heterocycles. The highest BCUT2D eigenvalue weighted by Gasteiger charge is 2.31. The summed E-state index contributed by atoms with van der Waals surface area (Å²) in [6.45, 7) is 0. The fourth-order valence-electron chi connectivity index (χ4n) is 2.51. The fraction of sp³-hybridized carbons (Fsp3) is 0.111. The molecular formula is C18H14F3NO2. The summed E-state index contributed by atoms with van der Waals surface area (Å²) in [7, 11) is 0. The number of nitrogens with two attached hydrogens (primary N) is 1. The molecule has 3 aromatic rings. The van der Waals surface area contributed by atoms with E-state index < -0.39 is 12.4 Å². The smallest absolute Gasteiger partial charge is 0.508 e. The van der Waals surface area contributed by atoms with Crippen molar-refractivity contribution < 1.29 is 23.0 Å². The third-order valence-electron chi connectivity index (χ3n) is 3.68. The molecule has 1 atom stereocenters. The SMILES string of the molecule is N[C@H](c1ccc(OC(F)(F)F)cc1)c1ccc2cc(O)ccc2c1. The number of fused-ring (bicyclic) bond motifs is 1. The van der Waals surface area contributed by atoms with E-state index in [1.165, 1.54) is 24.3 Å². The second-order valence-corrected chi connectivity index (χ2v) is 5.39. The van der Waals surface area contributed by atoms with Gasteiger partial charge in [0.05, 0.1) is 6.04 Å². The van der Waals surface area contributed by atoms with Crippen LogP contribution in [0.3, 0.4) is 0 Å². The number of benzene rings is 3. The minimum atomic E-state index is -4.71. The first-order valence-electron chi connectivity index (χ1n) is 7.16. The molecular weight excluding hydrogens is 319 g/mol. The molecule has 3 nitrogen and oxygen atoms in total. The summed E-state index contributed by atoms with van der Waals surface area (Å²) in [5.74, 6) is -0.104. The first-order valence-corrected chi connectivity index (χ1v) is 7.16. The Bertz CT molecular complexity index is 860. The number of ether oxygens (including phenoxy) is 1. The maximum absolute atomic E-state index is 12.2. The maximum atomic E-state index is 12.2. The van der Waals surface area contributed by atoms with Crippen molar-refractivity contribution >= 4 is 10.8 Å². The zero-order chi connectivity index (χ0) is 17.3. The van der Waals surface area contributed by atoms with Gasteiger partial charge >= 0.3 is 6.36 Å². The normalized spacial score (nSPS) is 13.0. The van der Waals surface area contributed by atoms with E-state index in [-0.39, 0.29) is 11.5 Å². The Hall–Kier alpha value is -2.73. The van der Waals surface area contributed by atoms with Crippen LogP contribution in [0.4, 0.5) is 13.2 Å². The predicted octanol–water partition coefficient (Wildman–Crippen LogP) is 4.49. The average molecular weight is 333 g/mol. The van der Waals surface area contributed by atoms with Gasteiger partial charge in [0.2, 0.25) is 0 Å². The van der Waals surface area contributed by atoms with Crippen LogP contribution < -0.4 is 10.5 Å². The van der Waals surface area contributed by atoms with Gasteiger partial charge in [-0.3, -0.25) is 0 Å². The van der Waals surface area contributed by atoms with Crippen molar-refractivity contribution in [1.82, 2.24) is 0 Å². The minimum Gasteiger partial charge on any atom is -0.508 e. The molecule has 0 spiro atoms. The van der Waals surface area contributed by atoms with Crippen molar-refractivity contribution in [2.75, 3.05) is 0 Å². The highest BCUT2D eigenvalue weighted by molar-refractivity contribution is 5.84. The van der Waals surface area contributed by atoms with E-state index in [2.05, 4.69) is 4.74 Å². The van der Waals surface area contributed by atoms with Crippen LogP contribution in [0.15, 0.2) is 60.7 Å². The van der Waals surface area contributed by atoms with E-state index in [0.29, 0.717) is 5.56 Å². The van der Waals surface area contributed by atoms with Crippen LogP contribution in [-0.4, -0.2) is 11.5 Å². The molecule has 0 saturated carbocycles. The number of rotatable bonds is 3. The van der Waals surface area contributed by atoms with Gasteiger partial charge in [-0.15, -0.1) is 13.2 Å². The van der Waals surface area contributed by atoms with Crippen molar-refractivity contribution in [3.05, 3.63) is 71.8 Å². The third-order valence-corrected chi connectivity index (χ3v) is 3.68. The Morgan fingerprint density at radius 1 is 0.833 bits per heavy atom. The Labute approximate surface area is 136 Å². The Kier molecular flexibility index (Phi) is 4.07. The summed E-state index contributed by atoms with van der Waals surface area (Å²) >= 11 is 0. The van der Waals surface area contributed by atoms with E-state index in [1.807, 2.05) is 18.2 Å². The van der Waals surface area contributed by atoms with Crippen molar-refractivity contribution in [2.45, 2.75) is 12.4 Å². The number of aromatic hydroxyl groups is 1. The van der Waals surface area contributed by atoms with E-state index in [4.69, 9.17) is 5.73 Å². The summed E-state index contributed by atoms with van der Waals surface area (Å²) in [5, 5.41) is 11.3. The molecule has 6 heteroatoms. The van der Waals surface area contributed by atoms with Crippen LogP contribution >= 0.6 is 0 Å². The third kappa shape index (κ3) is 3.60. The largest absolute Gasteiger partial charge is 0.573 e. The van der Waals surface area contributed by atoms with Gasteiger partial charge in [-0.1, -0.05) is 30.3 Å².